The van der Waals surface area contributed by atoms with Crippen molar-refractivity contribution in [1.82, 2.24) is 24.9 Å². The molecule has 0 N–H and O–H groups in total. The van der Waals surface area contributed by atoms with Gasteiger partial charge in [0.25, 0.3) is 0 Å². The zero-order chi connectivity index (χ0) is 93.8. The Bertz CT molecular complexity index is 7770. The van der Waals surface area contributed by atoms with Gasteiger partial charge >= 0.3 is 0 Å². The van der Waals surface area contributed by atoms with Crippen molar-refractivity contribution in [1.29, 1.82) is 26.3 Å². The van der Waals surface area contributed by atoms with E-state index in [0.717, 1.165) is 156 Å². The maximum absolute atomic E-state index is 12.0. The van der Waals surface area contributed by atoms with E-state index in [1.165, 1.54) is 60.3 Å². The fourth-order valence-corrected chi connectivity index (χ4v) is 22.7. The molecule has 2 aliphatic carbocycles. The van der Waals surface area contributed by atoms with Gasteiger partial charge in [0.05, 0.1) is 58.2 Å². The molecule has 135 heavy (non-hydrogen) atoms. The summed E-state index contributed by atoms with van der Waals surface area (Å²) in [7, 11) is 0. The van der Waals surface area contributed by atoms with Gasteiger partial charge in [-0.25, -0.2) is 0 Å². The average Bonchev–Trinajstić information content (AvgIpc) is 1.54. The van der Waals surface area contributed by atoms with Crippen LogP contribution >= 0.6 is 58.8 Å². The molecule has 0 saturated heterocycles. The second-order valence-electron chi connectivity index (χ2n) is 33.7. The number of nitrogens with zero attached hydrogens (tertiary/aromatic N) is 10. The number of hydrogen-bond donors (Lipinski definition) is 0. The molecule has 0 spiro atoms. The fourth-order valence-electron chi connectivity index (χ4n) is 17.2. The van der Waals surface area contributed by atoms with E-state index in [-0.39, 0.29) is 17.3 Å². The van der Waals surface area contributed by atoms with Crippen LogP contribution in [0.5, 0.6) is 0 Å². The smallest absolute Gasteiger partial charge is 0.160 e. The van der Waals surface area contributed by atoms with Crippen LogP contribution in [0.3, 0.4) is 0 Å². The highest BCUT2D eigenvalue weighted by atomic mass is 32.2. The van der Waals surface area contributed by atoms with Crippen LogP contribution < -0.4 is 0 Å². The molecule has 18 heteroatoms. The van der Waals surface area contributed by atoms with Gasteiger partial charge in [-0.15, -0.1) is 23.5 Å². The Morgan fingerprint density at radius 2 is 0.570 bits per heavy atom. The van der Waals surface area contributed by atoms with Crippen LogP contribution in [0.4, 0.5) is 0 Å². The second-order valence-corrected chi connectivity index (χ2v) is 39.1. The van der Waals surface area contributed by atoms with Crippen LogP contribution in [0.15, 0.2) is 386 Å². The van der Waals surface area contributed by atoms with Gasteiger partial charge < -0.3 is 0 Å². The molecule has 5 aromatic heterocycles. The summed E-state index contributed by atoms with van der Waals surface area (Å²) in [5.41, 5.74) is 17.2. The predicted molar refractivity (Wildman–Crippen MR) is 551 cm³/mol. The normalized spacial score (nSPS) is 12.5. The van der Waals surface area contributed by atoms with Gasteiger partial charge in [-0.05, 0) is 203 Å². The van der Waals surface area contributed by atoms with Crippen molar-refractivity contribution >= 4 is 130 Å². The molecule has 5 heterocycles. The van der Waals surface area contributed by atoms with E-state index in [4.69, 9.17) is 0 Å². The molecular formula is C117H90N10O3S5. The molecule has 0 amide bonds. The third-order valence-corrected chi connectivity index (χ3v) is 30.9. The molecule has 2 saturated carbocycles. The second kappa shape index (κ2) is 43.7. The quantitative estimate of drug-likeness (QED) is 0.0509. The molecule has 0 atom stereocenters. The average molecular weight is 1840 g/mol. The Morgan fingerprint density at radius 3 is 0.889 bits per heavy atom. The number of thioether (sulfide) groups is 2. The van der Waals surface area contributed by atoms with Crippen molar-refractivity contribution < 1.29 is 14.4 Å². The molecule has 20 rings (SSSR count). The maximum Gasteiger partial charge on any atom is 0.160 e. The molecule has 13 nitrogen and oxygen atoms in total. The lowest BCUT2D eigenvalue weighted by atomic mass is 9.72. The van der Waals surface area contributed by atoms with Crippen LogP contribution in [-0.4, -0.2) is 53.8 Å². The van der Waals surface area contributed by atoms with Gasteiger partial charge in [0.15, 0.2) is 17.3 Å². The number of Topliss-reactive ketones (excluding diaryl/α,β-unsaturated/α-hetero) is 3. The Hall–Kier alpha value is -14.9. The highest BCUT2D eigenvalue weighted by molar-refractivity contribution is 8.00. The summed E-state index contributed by atoms with van der Waals surface area (Å²) < 4.78 is 0. The lowest BCUT2D eigenvalue weighted by molar-refractivity contribution is 0.100. The number of carbonyl (C=O) groups is 3. The molecule has 0 radical (unpaired) electrons. The lowest BCUT2D eigenvalue weighted by Crippen LogP contribution is -2.27. The largest absolute Gasteiger partial charge is 0.295 e. The number of ketones is 3. The third-order valence-electron chi connectivity index (χ3n) is 24.5. The van der Waals surface area contributed by atoms with Gasteiger partial charge in [-0.2, -0.15) is 26.3 Å². The summed E-state index contributed by atoms with van der Waals surface area (Å²) in [6.45, 7) is 9.54. The maximum atomic E-state index is 12.0. The van der Waals surface area contributed by atoms with Crippen LogP contribution in [0.25, 0.3) is 109 Å². The SMILES string of the molecule is CC(=O)c1ccc(Sc2ccncc2-c2ccc(C#N)c3ccccc23)cc1.CC(=O)c1cccc(Sc2ccncc2-c2ccc(C#N)c3ccccc23)c1.CC(=O)c1ccccc1Sc1ccncc1-c1ccc(C#N)c2ccccc12.CC1(CSc2ccncc2-c2ccc(C#N)c3ccccc23)CCC1.CC1(CSc2ccncc2-c2ccc(C#N)c3ccccc23)CCCC1. The number of nitriles is 5. The summed E-state index contributed by atoms with van der Waals surface area (Å²) in [4.78, 5) is 65.6. The van der Waals surface area contributed by atoms with Gasteiger partial charge in [0.1, 0.15) is 0 Å². The molecule has 13 aromatic carbocycles. The topological polar surface area (TPSA) is 235 Å². The summed E-state index contributed by atoms with van der Waals surface area (Å²) in [5.74, 6) is 2.46. The van der Waals surface area contributed by atoms with Crippen LogP contribution in [-0.2, 0) is 0 Å². The Kier molecular flexibility index (Phi) is 30.2. The van der Waals surface area contributed by atoms with Crippen LogP contribution in [0.2, 0.25) is 0 Å². The zero-order valence-electron chi connectivity index (χ0n) is 75.0. The predicted octanol–water partition coefficient (Wildman–Crippen LogP) is 30.9. The zero-order valence-corrected chi connectivity index (χ0v) is 79.1. The first-order valence-corrected chi connectivity index (χ1v) is 48.8. The number of aromatic nitrogens is 5. The monoisotopic (exact) mass is 1840 g/mol. The molecule has 2 fully saturated rings. The first-order valence-electron chi connectivity index (χ1n) is 44.4. The summed E-state index contributed by atoms with van der Waals surface area (Å²) in [6, 6.07) is 104. The van der Waals surface area contributed by atoms with Gasteiger partial charge in [0, 0.05) is 184 Å². The summed E-state index contributed by atoms with van der Waals surface area (Å²) in [6.07, 6.45) is 28.0. The van der Waals surface area contributed by atoms with Crippen molar-refractivity contribution in [3.05, 3.63) is 392 Å². The van der Waals surface area contributed by atoms with E-state index in [9.17, 15) is 40.7 Å². The van der Waals surface area contributed by atoms with Gasteiger partial charge in [-0.1, -0.05) is 263 Å². The standard InChI is InChI=1S/3C24H16N2OS.C23H22N2S.C22H20N2S/c1-16(27)17-5-4-6-19(13-17)28-24-11-12-26-15-23(24)22-10-9-18(14-25)20-7-2-3-8-21(20)22;1-16(27)18-6-4-5-9-23(18)28-24-12-13-26-15-22(24)21-11-10-17(14-25)19-7-2-3-8-20(19)21;1-16(27)17-6-9-19(10-7-17)28-24-12-13-26-15-23(24)22-11-8-18(14-25)20-4-2-3-5-21(20)22;1-23(11-4-5-12-23)16-26-22-10-13-25-15-21(22)20-9-8-17(14-24)18-6-2-3-7-19(18)20;1-22(10-4-11-22)15-25-21-9-12-24-14-20(21)19-8-7-16(13-23)17-5-2-3-6-18(17)19/h3*2-13,15H,1H3;2-3,6-10,13,15H,4-5,11-12,16H2,1H3;2-3,5-9,12,14H,4,10-11,15H2,1H3. The third kappa shape index (κ3) is 21.7. The number of pyridine rings is 5. The minimum absolute atomic E-state index is 0.0440. The van der Waals surface area contributed by atoms with Crippen LogP contribution in [0.1, 0.15) is 138 Å². The first-order chi connectivity index (χ1) is 65.9. The van der Waals surface area contributed by atoms with Gasteiger partial charge in [-0.3, -0.25) is 39.3 Å². The molecule has 18 aromatic rings. The van der Waals surface area contributed by atoms with Crippen molar-refractivity contribution in [2.24, 2.45) is 10.8 Å². The van der Waals surface area contributed by atoms with Crippen LogP contribution in [0, 0.1) is 67.5 Å². The van der Waals surface area contributed by atoms with Crippen molar-refractivity contribution in [2.45, 2.75) is 119 Å². The minimum Gasteiger partial charge on any atom is -0.295 e. The first kappa shape index (κ1) is 93.4. The number of fused-ring (bicyclic) bond motifs is 5. The minimum atomic E-state index is 0.0440. The van der Waals surface area contributed by atoms with Crippen molar-refractivity contribution in [3.8, 4) is 86.0 Å². The highest BCUT2D eigenvalue weighted by Crippen LogP contribution is 2.49. The number of benzene rings is 13. The Labute approximate surface area is 807 Å². The van der Waals surface area contributed by atoms with E-state index in [1.807, 2.05) is 316 Å². The number of carbonyl (C=O) groups excluding carboxylic acids is 3. The van der Waals surface area contributed by atoms with Crippen molar-refractivity contribution in [3.63, 3.8) is 0 Å². The van der Waals surface area contributed by atoms with E-state index >= 15 is 0 Å². The molecule has 0 bridgehead atoms. The molecule has 0 unspecified atom stereocenters. The lowest BCUT2D eigenvalue weighted by Gasteiger charge is -2.38. The van der Waals surface area contributed by atoms with E-state index in [0.29, 0.717) is 44.2 Å². The highest BCUT2D eigenvalue weighted by Gasteiger charge is 2.33. The summed E-state index contributed by atoms with van der Waals surface area (Å²) >= 11 is 8.68. The fraction of sp³-hybridized carbons (Fsp3) is 0.137. The van der Waals surface area contributed by atoms with E-state index in [2.05, 4.69) is 106 Å². The summed E-state index contributed by atoms with van der Waals surface area (Å²) in [5, 5.41) is 57.2. The number of hydrogen-bond acceptors (Lipinski definition) is 18. The molecular weight excluding hydrogens is 1750 g/mol. The molecule has 656 valence electrons. The Morgan fingerprint density at radius 1 is 0.274 bits per heavy atom. The number of rotatable bonds is 20. The van der Waals surface area contributed by atoms with E-state index in [1.54, 1.807) is 74.6 Å². The molecule has 2 aliphatic rings. The van der Waals surface area contributed by atoms with Crippen molar-refractivity contribution in [2.75, 3.05) is 11.5 Å². The Balaban J connectivity index is 0.000000123. The van der Waals surface area contributed by atoms with Gasteiger partial charge in [0.2, 0.25) is 0 Å². The molecule has 0 aliphatic heterocycles. The van der Waals surface area contributed by atoms with E-state index < -0.39 is 0 Å².